The summed E-state index contributed by atoms with van der Waals surface area (Å²) < 4.78 is 1.08. The van der Waals surface area contributed by atoms with E-state index in [1.165, 1.54) is 0 Å². The van der Waals surface area contributed by atoms with Gasteiger partial charge in [0, 0.05) is 30.1 Å². The summed E-state index contributed by atoms with van der Waals surface area (Å²) >= 11 is 3.49. The van der Waals surface area contributed by atoms with Gasteiger partial charge in [0.1, 0.15) is 5.82 Å². The van der Waals surface area contributed by atoms with Crippen LogP contribution in [0.25, 0.3) is 0 Å². The highest BCUT2D eigenvalue weighted by atomic mass is 79.9. The molecule has 3 nitrogen and oxygen atoms in total. The van der Waals surface area contributed by atoms with E-state index in [1.54, 1.807) is 0 Å². The van der Waals surface area contributed by atoms with Crippen LogP contribution in [0.2, 0.25) is 0 Å². The molecule has 1 aliphatic heterocycles. The number of halogens is 1. The molecule has 16 heavy (non-hydrogen) atoms. The quantitative estimate of drug-likeness (QED) is 0.903. The summed E-state index contributed by atoms with van der Waals surface area (Å²) in [6, 6.07) is 4.76. The number of aryl methyl sites for hydroxylation is 1. The summed E-state index contributed by atoms with van der Waals surface area (Å²) in [6.07, 6.45) is 1.16. The molecule has 1 unspecified atom stereocenters. The van der Waals surface area contributed by atoms with Gasteiger partial charge in [-0.1, -0.05) is 6.92 Å². The summed E-state index contributed by atoms with van der Waals surface area (Å²) in [4.78, 5) is 7.06. The highest BCUT2D eigenvalue weighted by Gasteiger charge is 2.21. The number of hydrogen-bond acceptors (Lipinski definition) is 3. The van der Waals surface area contributed by atoms with Crippen molar-refractivity contribution in [3.63, 3.8) is 0 Å². The van der Waals surface area contributed by atoms with E-state index in [-0.39, 0.29) is 0 Å². The lowest BCUT2D eigenvalue weighted by atomic mass is 10.1. The molecule has 4 heteroatoms. The molecule has 1 aromatic rings. The minimum absolute atomic E-state index is 0.571. The SMILES string of the molecule is CCC1CNCCN1c1ccc(Br)c(C)n1. The molecule has 88 valence electrons. The fourth-order valence-electron chi connectivity index (χ4n) is 2.12. The zero-order valence-electron chi connectivity index (χ0n) is 9.83. The van der Waals surface area contributed by atoms with E-state index in [4.69, 9.17) is 0 Å². The van der Waals surface area contributed by atoms with Crippen LogP contribution < -0.4 is 10.2 Å². The second-order valence-electron chi connectivity index (χ2n) is 4.20. The van der Waals surface area contributed by atoms with Gasteiger partial charge in [0.2, 0.25) is 0 Å². The Labute approximate surface area is 105 Å². The Kier molecular flexibility index (Phi) is 3.82. The van der Waals surface area contributed by atoms with Gasteiger partial charge in [0.05, 0.1) is 5.69 Å². The minimum atomic E-state index is 0.571. The van der Waals surface area contributed by atoms with Crippen LogP contribution in [0, 0.1) is 6.92 Å². The molecule has 0 bridgehead atoms. The molecule has 0 spiro atoms. The van der Waals surface area contributed by atoms with Crippen LogP contribution in [0.15, 0.2) is 16.6 Å². The molecule has 0 radical (unpaired) electrons. The molecular formula is C12H18BrN3. The first kappa shape index (κ1) is 11.9. The maximum absolute atomic E-state index is 4.65. The third kappa shape index (κ3) is 2.38. The van der Waals surface area contributed by atoms with Crippen LogP contribution in [0.1, 0.15) is 19.0 Å². The molecular weight excluding hydrogens is 266 g/mol. The van der Waals surface area contributed by atoms with Gasteiger partial charge in [-0.3, -0.25) is 0 Å². The Bertz CT molecular complexity index is 367. The van der Waals surface area contributed by atoms with Crippen LogP contribution in [-0.2, 0) is 0 Å². The largest absolute Gasteiger partial charge is 0.351 e. The third-order valence-corrected chi connectivity index (χ3v) is 3.96. The topological polar surface area (TPSA) is 28.2 Å². The molecule has 0 amide bonds. The summed E-state index contributed by atoms with van der Waals surface area (Å²) in [5.41, 5.74) is 1.06. The Hall–Kier alpha value is -0.610. The molecule has 1 atom stereocenters. The van der Waals surface area contributed by atoms with Gasteiger partial charge >= 0.3 is 0 Å². The van der Waals surface area contributed by atoms with Crippen molar-refractivity contribution in [2.24, 2.45) is 0 Å². The lowest BCUT2D eigenvalue weighted by molar-refractivity contribution is 0.463. The van der Waals surface area contributed by atoms with Gasteiger partial charge < -0.3 is 10.2 Å². The Balaban J connectivity index is 2.23. The van der Waals surface area contributed by atoms with E-state index < -0.39 is 0 Å². The fourth-order valence-corrected chi connectivity index (χ4v) is 2.34. The van der Waals surface area contributed by atoms with Gasteiger partial charge in [-0.05, 0) is 41.4 Å². The summed E-state index contributed by atoms with van der Waals surface area (Å²) in [5.74, 6) is 1.11. The highest BCUT2D eigenvalue weighted by molar-refractivity contribution is 9.10. The van der Waals surface area contributed by atoms with E-state index in [0.29, 0.717) is 6.04 Å². The van der Waals surface area contributed by atoms with Crippen molar-refractivity contribution in [2.75, 3.05) is 24.5 Å². The molecule has 1 aliphatic rings. The number of aromatic nitrogens is 1. The van der Waals surface area contributed by atoms with Crippen LogP contribution in [0.5, 0.6) is 0 Å². The van der Waals surface area contributed by atoms with Crippen LogP contribution in [0.3, 0.4) is 0 Å². The predicted molar refractivity (Wildman–Crippen MR) is 71.0 cm³/mol. The third-order valence-electron chi connectivity index (χ3n) is 3.12. The van der Waals surface area contributed by atoms with Gasteiger partial charge in [-0.15, -0.1) is 0 Å². The second kappa shape index (κ2) is 5.15. The molecule has 0 saturated carbocycles. The number of hydrogen-bond donors (Lipinski definition) is 1. The molecule has 2 rings (SSSR count). The lowest BCUT2D eigenvalue weighted by Gasteiger charge is -2.36. The van der Waals surface area contributed by atoms with Crippen molar-refractivity contribution in [3.8, 4) is 0 Å². The number of pyridine rings is 1. The van der Waals surface area contributed by atoms with Crippen LogP contribution in [-0.4, -0.2) is 30.7 Å². The second-order valence-corrected chi connectivity index (χ2v) is 5.05. The van der Waals surface area contributed by atoms with Crippen molar-refractivity contribution < 1.29 is 0 Å². The van der Waals surface area contributed by atoms with Crippen molar-refractivity contribution in [1.29, 1.82) is 0 Å². The van der Waals surface area contributed by atoms with Gasteiger partial charge in [0.15, 0.2) is 0 Å². The van der Waals surface area contributed by atoms with Gasteiger partial charge in [0.25, 0.3) is 0 Å². The molecule has 0 aliphatic carbocycles. The normalized spacial score (nSPS) is 21.2. The summed E-state index contributed by atoms with van der Waals surface area (Å²) in [5, 5.41) is 3.43. The van der Waals surface area contributed by atoms with Crippen LogP contribution >= 0.6 is 15.9 Å². The van der Waals surface area contributed by atoms with Crippen molar-refractivity contribution >= 4 is 21.7 Å². The summed E-state index contributed by atoms with van der Waals surface area (Å²) in [7, 11) is 0. The van der Waals surface area contributed by atoms with Crippen molar-refractivity contribution in [1.82, 2.24) is 10.3 Å². The molecule has 1 saturated heterocycles. The van der Waals surface area contributed by atoms with Gasteiger partial charge in [-0.25, -0.2) is 4.98 Å². The van der Waals surface area contributed by atoms with E-state index in [2.05, 4.69) is 50.2 Å². The number of piperazine rings is 1. The fraction of sp³-hybridized carbons (Fsp3) is 0.583. The Morgan fingerprint density at radius 2 is 2.38 bits per heavy atom. The molecule has 1 aromatic heterocycles. The Morgan fingerprint density at radius 3 is 3.06 bits per heavy atom. The predicted octanol–water partition coefficient (Wildman–Crippen LogP) is 2.34. The van der Waals surface area contributed by atoms with Crippen molar-refractivity contribution in [3.05, 3.63) is 22.3 Å². The van der Waals surface area contributed by atoms with Crippen molar-refractivity contribution in [2.45, 2.75) is 26.3 Å². The maximum atomic E-state index is 4.65. The molecule has 1 N–H and O–H groups in total. The van der Waals surface area contributed by atoms with E-state index in [9.17, 15) is 0 Å². The zero-order chi connectivity index (χ0) is 11.5. The number of anilines is 1. The first-order valence-corrected chi connectivity index (χ1v) is 6.62. The average molecular weight is 284 g/mol. The average Bonchev–Trinajstić information content (AvgIpc) is 2.32. The number of nitrogens with zero attached hydrogens (tertiary/aromatic N) is 2. The van der Waals surface area contributed by atoms with Gasteiger partial charge in [-0.2, -0.15) is 0 Å². The van der Waals surface area contributed by atoms with E-state index in [1.807, 2.05) is 6.92 Å². The standard InChI is InChI=1S/C12H18BrN3/c1-3-10-8-14-6-7-16(10)12-5-4-11(13)9(2)15-12/h4-5,10,14H,3,6-8H2,1-2H3. The molecule has 2 heterocycles. The molecule has 0 aromatic carbocycles. The lowest BCUT2D eigenvalue weighted by Crippen LogP contribution is -2.51. The monoisotopic (exact) mass is 283 g/mol. The number of nitrogens with one attached hydrogen (secondary N) is 1. The first-order chi connectivity index (χ1) is 7.72. The van der Waals surface area contributed by atoms with E-state index >= 15 is 0 Å². The van der Waals surface area contributed by atoms with Crippen LogP contribution in [0.4, 0.5) is 5.82 Å². The first-order valence-electron chi connectivity index (χ1n) is 5.83. The highest BCUT2D eigenvalue weighted by Crippen LogP contribution is 2.22. The maximum Gasteiger partial charge on any atom is 0.129 e. The molecule has 1 fully saturated rings. The number of rotatable bonds is 2. The van der Waals surface area contributed by atoms with E-state index in [0.717, 1.165) is 42.0 Å². The Morgan fingerprint density at radius 1 is 1.56 bits per heavy atom. The minimum Gasteiger partial charge on any atom is -0.351 e. The smallest absolute Gasteiger partial charge is 0.129 e. The zero-order valence-corrected chi connectivity index (χ0v) is 11.4. The summed E-state index contributed by atoms with van der Waals surface area (Å²) in [6.45, 7) is 7.43.